The summed E-state index contributed by atoms with van der Waals surface area (Å²) in [5, 5.41) is 13.1. The number of nitrogens with zero attached hydrogens (tertiary/aromatic N) is 2. The van der Waals surface area contributed by atoms with E-state index in [1.165, 1.54) is 25.7 Å². The van der Waals surface area contributed by atoms with Crippen molar-refractivity contribution in [2.24, 2.45) is 5.92 Å². The maximum atomic E-state index is 9.60. The Kier molecular flexibility index (Phi) is 5.09. The summed E-state index contributed by atoms with van der Waals surface area (Å²) in [5.74, 6) is 0.809. The molecule has 0 aromatic rings. The largest absolute Gasteiger partial charge is 0.300 e. The predicted octanol–water partition coefficient (Wildman–Crippen LogP) is 3.31. The lowest BCUT2D eigenvalue weighted by atomic mass is 9.84. The lowest BCUT2D eigenvalue weighted by molar-refractivity contribution is 0.0957. The van der Waals surface area contributed by atoms with Crippen molar-refractivity contribution in [1.29, 1.82) is 5.26 Å². The van der Waals surface area contributed by atoms with Gasteiger partial charge in [-0.3, -0.25) is 5.32 Å². The van der Waals surface area contributed by atoms with Gasteiger partial charge in [0.05, 0.1) is 6.07 Å². The third kappa shape index (κ3) is 3.35. The van der Waals surface area contributed by atoms with Crippen LogP contribution in [0.25, 0.3) is 0 Å². The van der Waals surface area contributed by atoms with Crippen molar-refractivity contribution in [3.8, 4) is 6.07 Å². The Balaban J connectivity index is 1.99. The molecule has 0 spiro atoms. The fourth-order valence-electron chi connectivity index (χ4n) is 4.36. The van der Waals surface area contributed by atoms with E-state index in [4.69, 9.17) is 0 Å². The Morgan fingerprint density at radius 1 is 1.25 bits per heavy atom. The molecule has 3 heteroatoms. The van der Waals surface area contributed by atoms with Crippen LogP contribution in [0, 0.1) is 17.2 Å². The molecule has 114 valence electrons. The van der Waals surface area contributed by atoms with Crippen molar-refractivity contribution < 1.29 is 0 Å². The minimum Gasteiger partial charge on any atom is -0.300 e. The van der Waals surface area contributed by atoms with Gasteiger partial charge in [-0.05, 0) is 58.9 Å². The van der Waals surface area contributed by atoms with Crippen LogP contribution in [0.4, 0.5) is 0 Å². The van der Waals surface area contributed by atoms with Crippen LogP contribution in [0.1, 0.15) is 65.7 Å². The van der Waals surface area contributed by atoms with E-state index in [0.717, 1.165) is 31.2 Å². The molecule has 0 saturated heterocycles. The molecule has 0 heterocycles. The number of nitriles is 1. The molecule has 4 atom stereocenters. The molecule has 0 bridgehead atoms. The molecular formula is C17H31N3. The zero-order chi connectivity index (χ0) is 14.8. The zero-order valence-corrected chi connectivity index (χ0v) is 13.7. The maximum Gasteiger partial charge on any atom is 0.108 e. The van der Waals surface area contributed by atoms with Crippen LogP contribution in [-0.2, 0) is 0 Å². The number of rotatable bonds is 4. The fraction of sp³-hybridized carbons (Fsp3) is 0.941. The molecule has 3 nitrogen and oxygen atoms in total. The molecule has 1 N–H and O–H groups in total. The van der Waals surface area contributed by atoms with Gasteiger partial charge >= 0.3 is 0 Å². The Hall–Kier alpha value is -0.590. The van der Waals surface area contributed by atoms with Gasteiger partial charge in [-0.1, -0.05) is 19.8 Å². The number of hydrogen-bond acceptors (Lipinski definition) is 3. The summed E-state index contributed by atoms with van der Waals surface area (Å²) in [6, 6.07) is 4.25. The highest BCUT2D eigenvalue weighted by atomic mass is 15.2. The molecule has 2 fully saturated rings. The van der Waals surface area contributed by atoms with Crippen LogP contribution in [0.15, 0.2) is 0 Å². The van der Waals surface area contributed by atoms with E-state index in [1.807, 2.05) is 0 Å². The van der Waals surface area contributed by atoms with Crippen molar-refractivity contribution in [3.63, 3.8) is 0 Å². The second kappa shape index (κ2) is 6.45. The highest BCUT2D eigenvalue weighted by Gasteiger charge is 2.43. The van der Waals surface area contributed by atoms with Gasteiger partial charge in [-0.15, -0.1) is 0 Å². The summed E-state index contributed by atoms with van der Waals surface area (Å²) in [7, 11) is 2.29. The van der Waals surface area contributed by atoms with Gasteiger partial charge in [0, 0.05) is 18.1 Å². The van der Waals surface area contributed by atoms with Gasteiger partial charge in [-0.25, -0.2) is 0 Å². The van der Waals surface area contributed by atoms with Gasteiger partial charge in [0.1, 0.15) is 5.54 Å². The smallest absolute Gasteiger partial charge is 0.108 e. The van der Waals surface area contributed by atoms with Gasteiger partial charge in [0.2, 0.25) is 0 Å². The minimum absolute atomic E-state index is 0.287. The minimum atomic E-state index is -0.287. The third-order valence-electron chi connectivity index (χ3n) is 5.43. The van der Waals surface area contributed by atoms with Crippen LogP contribution in [0.2, 0.25) is 0 Å². The molecule has 0 radical (unpaired) electrons. The van der Waals surface area contributed by atoms with Crippen LogP contribution in [0.5, 0.6) is 0 Å². The first-order valence-corrected chi connectivity index (χ1v) is 8.38. The summed E-state index contributed by atoms with van der Waals surface area (Å²) in [6.45, 7) is 6.68. The lowest BCUT2D eigenvalue weighted by Crippen LogP contribution is -2.49. The van der Waals surface area contributed by atoms with Crippen LogP contribution >= 0.6 is 0 Å². The quantitative estimate of drug-likeness (QED) is 0.857. The average molecular weight is 277 g/mol. The third-order valence-corrected chi connectivity index (χ3v) is 5.43. The second-order valence-corrected chi connectivity index (χ2v) is 7.38. The van der Waals surface area contributed by atoms with Crippen molar-refractivity contribution >= 4 is 0 Å². The molecule has 2 aliphatic rings. The van der Waals surface area contributed by atoms with E-state index in [2.05, 4.69) is 44.1 Å². The van der Waals surface area contributed by atoms with Crippen molar-refractivity contribution in [2.75, 3.05) is 7.05 Å². The first-order valence-electron chi connectivity index (χ1n) is 8.38. The Morgan fingerprint density at radius 3 is 2.55 bits per heavy atom. The molecule has 2 saturated carbocycles. The Bertz CT molecular complexity index is 360. The van der Waals surface area contributed by atoms with Crippen LogP contribution in [-0.4, -0.2) is 35.6 Å². The molecule has 2 rings (SSSR count). The first-order chi connectivity index (χ1) is 9.47. The topological polar surface area (TPSA) is 39.1 Å². The molecule has 0 aromatic carbocycles. The van der Waals surface area contributed by atoms with Crippen molar-refractivity contribution in [1.82, 2.24) is 10.2 Å². The van der Waals surface area contributed by atoms with Crippen LogP contribution in [0.3, 0.4) is 0 Å². The molecule has 2 aliphatic carbocycles. The van der Waals surface area contributed by atoms with E-state index in [9.17, 15) is 5.26 Å². The normalized spacial score (nSPS) is 38.4. The lowest BCUT2D eigenvalue weighted by Gasteiger charge is -2.40. The van der Waals surface area contributed by atoms with E-state index < -0.39 is 0 Å². The standard InChI is InChI=1S/C17H31N3/c1-13(2)19-17(12-18)10-9-15(11-17)20(4)16-8-6-5-7-14(16)3/h13-16,19H,5-11H2,1-4H3. The monoisotopic (exact) mass is 277 g/mol. The van der Waals surface area contributed by atoms with E-state index in [1.54, 1.807) is 0 Å². The molecule has 20 heavy (non-hydrogen) atoms. The van der Waals surface area contributed by atoms with E-state index >= 15 is 0 Å². The fourth-order valence-corrected chi connectivity index (χ4v) is 4.36. The number of hydrogen-bond donors (Lipinski definition) is 1. The Morgan fingerprint density at radius 2 is 1.95 bits per heavy atom. The second-order valence-electron chi connectivity index (χ2n) is 7.38. The maximum absolute atomic E-state index is 9.60. The molecule has 0 amide bonds. The van der Waals surface area contributed by atoms with Gasteiger partial charge < -0.3 is 4.90 Å². The highest BCUT2D eigenvalue weighted by Crippen LogP contribution is 2.37. The predicted molar refractivity (Wildman–Crippen MR) is 83.4 cm³/mol. The van der Waals surface area contributed by atoms with E-state index in [-0.39, 0.29) is 5.54 Å². The summed E-state index contributed by atoms with van der Waals surface area (Å²) in [6.07, 6.45) is 8.62. The summed E-state index contributed by atoms with van der Waals surface area (Å²) >= 11 is 0. The van der Waals surface area contributed by atoms with Crippen LogP contribution < -0.4 is 5.32 Å². The highest BCUT2D eigenvalue weighted by molar-refractivity contribution is 5.14. The van der Waals surface area contributed by atoms with Gasteiger partial charge in [-0.2, -0.15) is 5.26 Å². The molecular weight excluding hydrogens is 246 g/mol. The summed E-state index contributed by atoms with van der Waals surface area (Å²) < 4.78 is 0. The average Bonchev–Trinajstić information content (AvgIpc) is 2.82. The molecule has 4 unspecified atom stereocenters. The molecule has 0 aromatic heterocycles. The van der Waals surface area contributed by atoms with Crippen molar-refractivity contribution in [2.45, 2.75) is 89.4 Å². The zero-order valence-electron chi connectivity index (χ0n) is 13.7. The molecule has 0 aliphatic heterocycles. The summed E-state index contributed by atoms with van der Waals surface area (Å²) in [4.78, 5) is 2.60. The van der Waals surface area contributed by atoms with E-state index in [0.29, 0.717) is 12.1 Å². The Labute approximate surface area is 124 Å². The van der Waals surface area contributed by atoms with Crippen molar-refractivity contribution in [3.05, 3.63) is 0 Å². The first kappa shape index (κ1) is 15.8. The van der Waals surface area contributed by atoms with Gasteiger partial charge in [0.25, 0.3) is 0 Å². The SMILES string of the molecule is CC(C)NC1(C#N)CCC(N(C)C2CCCCC2C)C1. The number of nitrogens with one attached hydrogen (secondary N) is 1. The summed E-state index contributed by atoms with van der Waals surface area (Å²) in [5.41, 5.74) is -0.287. The van der Waals surface area contributed by atoms with Gasteiger partial charge in [0.15, 0.2) is 0 Å².